The van der Waals surface area contributed by atoms with Gasteiger partial charge in [0, 0.05) is 31.1 Å². The highest BCUT2D eigenvalue weighted by molar-refractivity contribution is 5.81. The van der Waals surface area contributed by atoms with Gasteiger partial charge in [-0.25, -0.2) is 0 Å². The van der Waals surface area contributed by atoms with Crippen molar-refractivity contribution in [2.45, 2.75) is 46.6 Å². The Labute approximate surface area is 111 Å². The number of hydrogen-bond donors (Lipinski definition) is 2. The number of rotatable bonds is 4. The molecule has 0 radical (unpaired) electrons. The minimum Gasteiger partial charge on any atom is -0.395 e. The highest BCUT2D eigenvalue weighted by atomic mass is 16.3. The molecule has 1 aliphatic rings. The third-order valence-electron chi connectivity index (χ3n) is 3.62. The van der Waals surface area contributed by atoms with E-state index in [2.05, 4.69) is 17.1 Å². The Morgan fingerprint density at radius 3 is 2.56 bits per heavy atom. The number of hydrogen-bond acceptors (Lipinski definition) is 3. The van der Waals surface area contributed by atoms with Crippen LogP contribution in [0.2, 0.25) is 0 Å². The molecule has 18 heavy (non-hydrogen) atoms. The van der Waals surface area contributed by atoms with Crippen LogP contribution in [-0.4, -0.2) is 48.2 Å². The molecule has 4 nitrogen and oxygen atoms in total. The van der Waals surface area contributed by atoms with Crippen LogP contribution < -0.4 is 5.32 Å². The van der Waals surface area contributed by atoms with Gasteiger partial charge in [-0.05, 0) is 12.3 Å². The maximum atomic E-state index is 12.0. The fourth-order valence-corrected chi connectivity index (χ4v) is 2.43. The van der Waals surface area contributed by atoms with E-state index in [4.69, 9.17) is 5.11 Å². The molecule has 2 unspecified atom stereocenters. The second-order valence-electron chi connectivity index (χ2n) is 6.41. The predicted octanol–water partition coefficient (Wildman–Crippen LogP) is 1.24. The van der Waals surface area contributed by atoms with Crippen LogP contribution in [0.3, 0.4) is 0 Å². The smallest absolute Gasteiger partial charge is 0.225 e. The van der Waals surface area contributed by atoms with Gasteiger partial charge in [0.15, 0.2) is 0 Å². The van der Waals surface area contributed by atoms with Gasteiger partial charge in [-0.2, -0.15) is 0 Å². The van der Waals surface area contributed by atoms with Gasteiger partial charge in [-0.3, -0.25) is 9.69 Å². The summed E-state index contributed by atoms with van der Waals surface area (Å²) in [5.74, 6) is 0.740. The summed E-state index contributed by atoms with van der Waals surface area (Å²) in [6, 6.07) is 0.224. The van der Waals surface area contributed by atoms with Gasteiger partial charge in [0.2, 0.25) is 5.91 Å². The van der Waals surface area contributed by atoms with Crippen LogP contribution in [0.25, 0.3) is 0 Å². The lowest BCUT2D eigenvalue weighted by molar-refractivity contribution is -0.129. The third kappa shape index (κ3) is 4.58. The van der Waals surface area contributed by atoms with Gasteiger partial charge in [0.1, 0.15) is 0 Å². The zero-order chi connectivity index (χ0) is 13.8. The van der Waals surface area contributed by atoms with Crippen molar-refractivity contribution in [1.82, 2.24) is 10.2 Å². The Kier molecular flexibility index (Phi) is 5.60. The topological polar surface area (TPSA) is 52.6 Å². The molecule has 1 saturated heterocycles. The van der Waals surface area contributed by atoms with Crippen LogP contribution in [0.15, 0.2) is 0 Å². The van der Waals surface area contributed by atoms with Gasteiger partial charge >= 0.3 is 0 Å². The summed E-state index contributed by atoms with van der Waals surface area (Å²) in [5.41, 5.74) is -0.332. The standard InChI is InChI=1S/C14H28N2O2/c1-5-11-8-12(10-16(9-11)6-7-17)15-13(18)14(2,3)4/h11-12,17H,5-10H2,1-4H3,(H,15,18). The second-order valence-corrected chi connectivity index (χ2v) is 6.41. The normalized spacial score (nSPS) is 26.1. The number of amides is 1. The largest absolute Gasteiger partial charge is 0.395 e. The lowest BCUT2D eigenvalue weighted by Gasteiger charge is -2.38. The summed E-state index contributed by atoms with van der Waals surface area (Å²) in [6.45, 7) is 10.8. The first-order chi connectivity index (χ1) is 8.36. The number of likely N-dealkylation sites (tertiary alicyclic amines) is 1. The van der Waals surface area contributed by atoms with E-state index in [1.54, 1.807) is 0 Å². The van der Waals surface area contributed by atoms with Crippen LogP contribution in [0.4, 0.5) is 0 Å². The van der Waals surface area contributed by atoms with E-state index in [0.29, 0.717) is 12.5 Å². The SMILES string of the molecule is CCC1CC(NC(=O)C(C)(C)C)CN(CCO)C1. The maximum Gasteiger partial charge on any atom is 0.225 e. The van der Waals surface area contributed by atoms with Crippen LogP contribution in [0.5, 0.6) is 0 Å². The van der Waals surface area contributed by atoms with Gasteiger partial charge in [0.05, 0.1) is 6.61 Å². The summed E-state index contributed by atoms with van der Waals surface area (Å²) < 4.78 is 0. The lowest BCUT2D eigenvalue weighted by Crippen LogP contribution is -2.53. The fourth-order valence-electron chi connectivity index (χ4n) is 2.43. The Balaban J connectivity index is 2.56. The highest BCUT2D eigenvalue weighted by Gasteiger charge is 2.30. The van der Waals surface area contributed by atoms with Crippen molar-refractivity contribution < 1.29 is 9.90 Å². The van der Waals surface area contributed by atoms with Gasteiger partial charge in [-0.15, -0.1) is 0 Å². The number of carbonyl (C=O) groups excluding carboxylic acids is 1. The Morgan fingerprint density at radius 2 is 2.06 bits per heavy atom. The molecule has 0 aromatic carbocycles. The van der Waals surface area contributed by atoms with Crippen LogP contribution >= 0.6 is 0 Å². The monoisotopic (exact) mass is 256 g/mol. The van der Waals surface area contributed by atoms with Crippen LogP contribution in [0.1, 0.15) is 40.5 Å². The summed E-state index contributed by atoms with van der Waals surface area (Å²) in [5, 5.41) is 12.2. The molecule has 1 amide bonds. The van der Waals surface area contributed by atoms with Crippen molar-refractivity contribution in [2.24, 2.45) is 11.3 Å². The van der Waals surface area contributed by atoms with E-state index in [9.17, 15) is 4.79 Å². The van der Waals surface area contributed by atoms with E-state index in [1.165, 1.54) is 0 Å². The molecule has 2 N–H and O–H groups in total. The molecule has 0 aromatic heterocycles. The van der Waals surface area contributed by atoms with Crippen molar-refractivity contribution in [1.29, 1.82) is 0 Å². The average molecular weight is 256 g/mol. The third-order valence-corrected chi connectivity index (χ3v) is 3.62. The minimum absolute atomic E-state index is 0.119. The highest BCUT2D eigenvalue weighted by Crippen LogP contribution is 2.21. The number of nitrogens with zero attached hydrogens (tertiary/aromatic N) is 1. The predicted molar refractivity (Wildman–Crippen MR) is 73.3 cm³/mol. The van der Waals surface area contributed by atoms with Crippen molar-refractivity contribution in [3.8, 4) is 0 Å². The summed E-state index contributed by atoms with van der Waals surface area (Å²) in [7, 11) is 0. The molecule has 0 bridgehead atoms. The molecule has 0 saturated carbocycles. The molecular weight excluding hydrogens is 228 g/mol. The number of nitrogens with one attached hydrogen (secondary N) is 1. The van der Waals surface area contributed by atoms with Crippen LogP contribution in [-0.2, 0) is 4.79 Å². The minimum atomic E-state index is -0.332. The fraction of sp³-hybridized carbons (Fsp3) is 0.929. The van der Waals surface area contributed by atoms with Crippen molar-refractivity contribution in [2.75, 3.05) is 26.2 Å². The van der Waals surface area contributed by atoms with Gasteiger partial charge < -0.3 is 10.4 Å². The lowest BCUT2D eigenvalue weighted by atomic mass is 9.90. The van der Waals surface area contributed by atoms with E-state index in [1.807, 2.05) is 20.8 Å². The zero-order valence-corrected chi connectivity index (χ0v) is 12.2. The van der Waals surface area contributed by atoms with Gasteiger partial charge in [0.25, 0.3) is 0 Å². The number of piperidine rings is 1. The molecule has 1 fully saturated rings. The maximum absolute atomic E-state index is 12.0. The van der Waals surface area contributed by atoms with E-state index >= 15 is 0 Å². The molecular formula is C14H28N2O2. The first-order valence-corrected chi connectivity index (χ1v) is 7.01. The van der Waals surface area contributed by atoms with Crippen molar-refractivity contribution >= 4 is 5.91 Å². The second kappa shape index (κ2) is 6.53. The number of carbonyl (C=O) groups is 1. The van der Waals surface area contributed by atoms with Crippen molar-refractivity contribution in [3.05, 3.63) is 0 Å². The number of aliphatic hydroxyl groups excluding tert-OH is 1. The molecule has 1 heterocycles. The first-order valence-electron chi connectivity index (χ1n) is 7.01. The van der Waals surface area contributed by atoms with Crippen molar-refractivity contribution in [3.63, 3.8) is 0 Å². The Bertz CT molecular complexity index is 273. The average Bonchev–Trinajstić information content (AvgIpc) is 2.27. The quantitative estimate of drug-likeness (QED) is 0.796. The Hall–Kier alpha value is -0.610. The molecule has 1 aliphatic heterocycles. The molecule has 2 atom stereocenters. The van der Waals surface area contributed by atoms with Gasteiger partial charge in [-0.1, -0.05) is 34.1 Å². The Morgan fingerprint density at radius 1 is 1.39 bits per heavy atom. The molecule has 4 heteroatoms. The summed E-state index contributed by atoms with van der Waals surface area (Å²) >= 11 is 0. The molecule has 0 aliphatic carbocycles. The summed E-state index contributed by atoms with van der Waals surface area (Å²) in [4.78, 5) is 14.3. The molecule has 1 rings (SSSR count). The summed E-state index contributed by atoms with van der Waals surface area (Å²) in [6.07, 6.45) is 2.18. The first kappa shape index (κ1) is 15.4. The van der Waals surface area contributed by atoms with E-state index < -0.39 is 0 Å². The van der Waals surface area contributed by atoms with E-state index in [0.717, 1.165) is 25.9 Å². The van der Waals surface area contributed by atoms with Crippen LogP contribution in [0, 0.1) is 11.3 Å². The number of β-amino-alcohol motifs (C(OH)–C–C–N with tert-alkyl or cyclic N) is 1. The zero-order valence-electron chi connectivity index (χ0n) is 12.2. The molecule has 0 spiro atoms. The number of aliphatic hydroxyl groups is 1. The molecule has 0 aromatic rings. The van der Waals surface area contributed by atoms with E-state index in [-0.39, 0.29) is 24.0 Å². The molecule has 106 valence electrons.